The third-order valence-electron chi connectivity index (χ3n) is 3.60. The lowest BCUT2D eigenvalue weighted by Gasteiger charge is -2.20. The van der Waals surface area contributed by atoms with Crippen molar-refractivity contribution in [2.24, 2.45) is 11.8 Å². The summed E-state index contributed by atoms with van der Waals surface area (Å²) in [5.74, 6) is -1.14. The van der Waals surface area contributed by atoms with E-state index in [1.165, 1.54) is 6.92 Å². The Morgan fingerprint density at radius 2 is 1.71 bits per heavy atom. The van der Waals surface area contributed by atoms with Crippen LogP contribution in [0.3, 0.4) is 0 Å². The summed E-state index contributed by atoms with van der Waals surface area (Å²) in [5, 5.41) is -0.206. The average Bonchev–Trinajstić information content (AvgIpc) is 2.85. The number of Topliss-reactive ketones (excluding diaryl/α,β-unsaturated/α-hetero) is 3. The summed E-state index contributed by atoms with van der Waals surface area (Å²) < 4.78 is 0. The first kappa shape index (κ1) is 10.7. The lowest BCUT2D eigenvalue weighted by molar-refractivity contribution is -0.121. The Balaban J connectivity index is 2.18. The molecule has 2 unspecified atom stereocenters. The predicted molar refractivity (Wildman–Crippen MR) is 61.3 cm³/mol. The fourth-order valence-corrected chi connectivity index (χ4v) is 3.21. The molecule has 4 heteroatoms. The molecule has 3 aliphatic carbocycles. The second kappa shape index (κ2) is 3.26. The second-order valence-corrected chi connectivity index (χ2v) is 4.94. The highest BCUT2D eigenvalue weighted by molar-refractivity contribution is 6.53. The molecule has 0 fully saturated rings. The number of carbonyl (C=O) groups is 3. The molecule has 2 atom stereocenters. The number of allylic oxidation sites excluding steroid dienone is 6. The minimum atomic E-state index is -0.438. The van der Waals surface area contributed by atoms with Gasteiger partial charge in [-0.15, -0.1) is 0 Å². The van der Waals surface area contributed by atoms with Gasteiger partial charge in [0.1, 0.15) is 5.03 Å². The van der Waals surface area contributed by atoms with Crippen molar-refractivity contribution in [3.63, 3.8) is 0 Å². The fourth-order valence-electron chi connectivity index (χ4n) is 2.89. The van der Waals surface area contributed by atoms with E-state index in [0.717, 1.165) is 6.42 Å². The summed E-state index contributed by atoms with van der Waals surface area (Å²) in [7, 11) is 0. The van der Waals surface area contributed by atoms with E-state index in [1.807, 2.05) is 12.2 Å². The van der Waals surface area contributed by atoms with Gasteiger partial charge >= 0.3 is 0 Å². The Morgan fingerprint density at radius 1 is 1.18 bits per heavy atom. The van der Waals surface area contributed by atoms with Gasteiger partial charge in [-0.3, -0.25) is 14.4 Å². The van der Waals surface area contributed by atoms with Gasteiger partial charge in [0.05, 0.1) is 5.57 Å². The van der Waals surface area contributed by atoms with Crippen LogP contribution in [0.4, 0.5) is 0 Å². The fraction of sp³-hybridized carbons (Fsp3) is 0.308. The molecule has 0 aromatic carbocycles. The van der Waals surface area contributed by atoms with Crippen molar-refractivity contribution in [2.45, 2.75) is 13.3 Å². The van der Waals surface area contributed by atoms with Crippen LogP contribution in [0, 0.1) is 11.8 Å². The number of fused-ring (bicyclic) bond motifs is 4. The Morgan fingerprint density at radius 3 is 2.24 bits per heavy atom. The van der Waals surface area contributed by atoms with Crippen LogP contribution in [0.5, 0.6) is 0 Å². The first-order valence-corrected chi connectivity index (χ1v) is 5.82. The molecule has 17 heavy (non-hydrogen) atoms. The van der Waals surface area contributed by atoms with Gasteiger partial charge in [-0.2, -0.15) is 0 Å². The summed E-state index contributed by atoms with van der Waals surface area (Å²) in [6.07, 6.45) is 4.64. The molecule has 0 aliphatic heterocycles. The molecule has 0 amide bonds. The van der Waals surface area contributed by atoms with Crippen molar-refractivity contribution in [3.05, 3.63) is 33.9 Å². The van der Waals surface area contributed by atoms with E-state index < -0.39 is 5.78 Å². The van der Waals surface area contributed by atoms with Crippen LogP contribution in [0.2, 0.25) is 0 Å². The number of hydrogen-bond donors (Lipinski definition) is 0. The zero-order chi connectivity index (χ0) is 12.3. The number of carbonyl (C=O) groups excluding carboxylic acids is 3. The molecule has 2 bridgehead atoms. The van der Waals surface area contributed by atoms with Crippen molar-refractivity contribution in [1.82, 2.24) is 0 Å². The van der Waals surface area contributed by atoms with Gasteiger partial charge in [-0.25, -0.2) is 0 Å². The zero-order valence-corrected chi connectivity index (χ0v) is 9.88. The van der Waals surface area contributed by atoms with Crippen molar-refractivity contribution in [3.8, 4) is 0 Å². The Hall–Kier alpha value is -1.48. The van der Waals surface area contributed by atoms with Crippen LogP contribution in [0.1, 0.15) is 13.3 Å². The van der Waals surface area contributed by atoms with E-state index in [9.17, 15) is 14.4 Å². The monoisotopic (exact) mass is 248 g/mol. The SMILES string of the molecule is CC(=O)C1=C(Cl)C(=O)C2=C(C1=O)C1C=CC2C1. The molecule has 0 saturated heterocycles. The summed E-state index contributed by atoms with van der Waals surface area (Å²) in [5.41, 5.74) is 0.867. The summed E-state index contributed by atoms with van der Waals surface area (Å²) in [4.78, 5) is 35.7. The Kier molecular flexibility index (Phi) is 2.05. The molecular weight excluding hydrogens is 240 g/mol. The van der Waals surface area contributed by atoms with Crippen molar-refractivity contribution < 1.29 is 14.4 Å². The van der Waals surface area contributed by atoms with E-state index in [2.05, 4.69) is 0 Å². The first-order valence-electron chi connectivity index (χ1n) is 5.45. The van der Waals surface area contributed by atoms with Gasteiger partial charge in [0.25, 0.3) is 0 Å². The molecule has 0 aromatic rings. The van der Waals surface area contributed by atoms with Crippen LogP contribution in [0.25, 0.3) is 0 Å². The van der Waals surface area contributed by atoms with E-state index in [1.54, 1.807) is 0 Å². The van der Waals surface area contributed by atoms with Crippen molar-refractivity contribution >= 4 is 29.0 Å². The van der Waals surface area contributed by atoms with E-state index in [0.29, 0.717) is 11.1 Å². The van der Waals surface area contributed by atoms with Crippen LogP contribution in [-0.2, 0) is 14.4 Å². The molecule has 0 aromatic heterocycles. The maximum atomic E-state index is 12.2. The largest absolute Gasteiger partial charge is 0.294 e. The number of rotatable bonds is 1. The lowest BCUT2D eigenvalue weighted by Crippen LogP contribution is -2.27. The summed E-state index contributed by atoms with van der Waals surface area (Å²) in [6, 6.07) is 0. The average molecular weight is 249 g/mol. The summed E-state index contributed by atoms with van der Waals surface area (Å²) in [6.45, 7) is 1.26. The highest BCUT2D eigenvalue weighted by atomic mass is 35.5. The highest BCUT2D eigenvalue weighted by Gasteiger charge is 2.47. The van der Waals surface area contributed by atoms with E-state index in [-0.39, 0.29) is 34.0 Å². The Bertz CT molecular complexity index is 577. The first-order chi connectivity index (χ1) is 8.02. The molecule has 0 heterocycles. The molecule has 0 N–H and O–H groups in total. The van der Waals surface area contributed by atoms with E-state index >= 15 is 0 Å². The van der Waals surface area contributed by atoms with Gasteiger partial charge in [0.15, 0.2) is 11.6 Å². The number of ketones is 3. The molecule has 0 radical (unpaired) electrons. The van der Waals surface area contributed by atoms with Crippen LogP contribution in [0.15, 0.2) is 33.9 Å². The van der Waals surface area contributed by atoms with Crippen LogP contribution < -0.4 is 0 Å². The molecule has 0 spiro atoms. The quantitative estimate of drug-likeness (QED) is 0.403. The molecule has 0 saturated carbocycles. The molecule has 86 valence electrons. The minimum absolute atomic E-state index is 0.00806. The number of halogens is 1. The topological polar surface area (TPSA) is 51.2 Å². The van der Waals surface area contributed by atoms with Gasteiger partial charge in [0, 0.05) is 23.0 Å². The maximum absolute atomic E-state index is 12.2. The third kappa shape index (κ3) is 1.20. The van der Waals surface area contributed by atoms with Gasteiger partial charge in [-0.1, -0.05) is 23.8 Å². The Labute approximate surface area is 103 Å². The maximum Gasteiger partial charge on any atom is 0.202 e. The van der Waals surface area contributed by atoms with Crippen LogP contribution in [-0.4, -0.2) is 17.3 Å². The van der Waals surface area contributed by atoms with Crippen molar-refractivity contribution in [2.75, 3.05) is 0 Å². The highest BCUT2D eigenvalue weighted by Crippen LogP contribution is 2.48. The van der Waals surface area contributed by atoms with E-state index in [4.69, 9.17) is 11.6 Å². The summed E-state index contributed by atoms with van der Waals surface area (Å²) >= 11 is 5.86. The lowest BCUT2D eigenvalue weighted by atomic mass is 9.82. The molecule has 3 nitrogen and oxygen atoms in total. The van der Waals surface area contributed by atoms with Gasteiger partial charge < -0.3 is 0 Å². The van der Waals surface area contributed by atoms with Gasteiger partial charge in [-0.05, 0) is 13.3 Å². The predicted octanol–water partition coefficient (Wildman–Crippen LogP) is 1.72. The molecule has 3 aliphatic rings. The van der Waals surface area contributed by atoms with Crippen LogP contribution >= 0.6 is 11.6 Å². The number of hydrogen-bond acceptors (Lipinski definition) is 3. The standard InChI is InChI=1S/C13H9ClO3/c1-5(15)8-11(14)13(17)10-7-3-2-6(4-7)9(10)12(8)16/h2-3,6-7H,4H2,1H3. The molecule has 3 rings (SSSR count). The third-order valence-corrected chi connectivity index (χ3v) is 3.96. The smallest absolute Gasteiger partial charge is 0.202 e. The molecular formula is C13H9ClO3. The second-order valence-electron chi connectivity index (χ2n) is 4.56. The normalized spacial score (nSPS) is 30.5. The van der Waals surface area contributed by atoms with Gasteiger partial charge in [0.2, 0.25) is 5.78 Å². The minimum Gasteiger partial charge on any atom is -0.294 e. The van der Waals surface area contributed by atoms with Crippen molar-refractivity contribution in [1.29, 1.82) is 0 Å². The zero-order valence-electron chi connectivity index (χ0n) is 9.12.